The van der Waals surface area contributed by atoms with E-state index in [2.05, 4.69) is 5.32 Å². The van der Waals surface area contributed by atoms with Crippen molar-refractivity contribution in [2.75, 3.05) is 19.1 Å². The highest BCUT2D eigenvalue weighted by molar-refractivity contribution is 5.87. The number of benzene rings is 3. The first-order chi connectivity index (χ1) is 17.8. The SMILES string of the molecule is COC(=O)[C@H](CC(C)C)NC(=O)[C@@H](O)[C@@H](c1ccccc1)N(Cc1ccccc1)c1ccc(OC)cc1. The lowest BCUT2D eigenvalue weighted by Crippen LogP contribution is -2.50. The molecule has 0 unspecified atom stereocenters. The van der Waals surface area contributed by atoms with Crippen molar-refractivity contribution < 1.29 is 24.2 Å². The Hall–Kier alpha value is -3.84. The van der Waals surface area contributed by atoms with Crippen molar-refractivity contribution in [1.29, 1.82) is 0 Å². The maximum Gasteiger partial charge on any atom is 0.328 e. The van der Waals surface area contributed by atoms with Gasteiger partial charge < -0.3 is 24.8 Å². The molecule has 0 spiro atoms. The van der Waals surface area contributed by atoms with Crippen LogP contribution < -0.4 is 15.0 Å². The van der Waals surface area contributed by atoms with Gasteiger partial charge in [0.2, 0.25) is 0 Å². The number of anilines is 1. The summed E-state index contributed by atoms with van der Waals surface area (Å²) in [5, 5.41) is 14.3. The number of aliphatic hydroxyl groups excluding tert-OH is 1. The molecule has 0 saturated carbocycles. The molecule has 37 heavy (non-hydrogen) atoms. The van der Waals surface area contributed by atoms with Crippen molar-refractivity contribution in [2.24, 2.45) is 5.92 Å². The van der Waals surface area contributed by atoms with Gasteiger partial charge in [0, 0.05) is 12.2 Å². The van der Waals surface area contributed by atoms with Crippen molar-refractivity contribution >= 4 is 17.6 Å². The Bertz CT molecular complexity index is 1120. The summed E-state index contributed by atoms with van der Waals surface area (Å²) in [7, 11) is 2.89. The fourth-order valence-corrected chi connectivity index (χ4v) is 4.32. The first kappa shape index (κ1) is 27.7. The number of rotatable bonds is 12. The number of carbonyl (C=O) groups is 2. The number of esters is 1. The molecule has 0 aliphatic carbocycles. The standard InChI is InChI=1S/C30H36N2O5/c1-21(2)19-26(30(35)37-4)31-29(34)28(33)27(23-13-9-6-10-14-23)32(20-22-11-7-5-8-12-22)24-15-17-25(36-3)18-16-24/h5-18,21,26-28,33H,19-20H2,1-4H3,(H,31,34)/t26-,27+,28-/m0/s1. The van der Waals surface area contributed by atoms with Gasteiger partial charge in [0.25, 0.3) is 5.91 Å². The minimum Gasteiger partial charge on any atom is -0.497 e. The van der Waals surface area contributed by atoms with Crippen LogP contribution in [0.4, 0.5) is 5.69 Å². The molecule has 7 nitrogen and oxygen atoms in total. The van der Waals surface area contributed by atoms with Crippen molar-refractivity contribution in [1.82, 2.24) is 5.32 Å². The molecule has 3 aromatic carbocycles. The van der Waals surface area contributed by atoms with Gasteiger partial charge in [0.1, 0.15) is 11.8 Å². The fraction of sp³-hybridized carbons (Fsp3) is 0.333. The lowest BCUT2D eigenvalue weighted by atomic mass is 9.96. The Balaban J connectivity index is 2.03. The van der Waals surface area contributed by atoms with E-state index in [1.54, 1.807) is 7.11 Å². The predicted molar refractivity (Wildman–Crippen MR) is 144 cm³/mol. The van der Waals surface area contributed by atoms with E-state index in [0.717, 1.165) is 16.8 Å². The smallest absolute Gasteiger partial charge is 0.328 e. The van der Waals surface area contributed by atoms with Gasteiger partial charge in [0.05, 0.1) is 20.3 Å². The third kappa shape index (κ3) is 7.57. The van der Waals surface area contributed by atoms with Gasteiger partial charge in [-0.1, -0.05) is 74.5 Å². The summed E-state index contributed by atoms with van der Waals surface area (Å²) in [6.45, 7) is 4.34. The number of hydrogen-bond donors (Lipinski definition) is 2. The number of aliphatic hydroxyl groups is 1. The molecule has 0 saturated heterocycles. The average molecular weight is 505 g/mol. The first-order valence-corrected chi connectivity index (χ1v) is 12.4. The lowest BCUT2D eigenvalue weighted by molar-refractivity contribution is -0.147. The lowest BCUT2D eigenvalue weighted by Gasteiger charge is -2.37. The highest BCUT2D eigenvalue weighted by Gasteiger charge is 2.35. The second-order valence-electron chi connectivity index (χ2n) is 9.33. The third-order valence-electron chi connectivity index (χ3n) is 6.15. The molecular formula is C30H36N2O5. The molecule has 7 heteroatoms. The summed E-state index contributed by atoms with van der Waals surface area (Å²) in [6, 6.07) is 25.1. The van der Waals surface area contributed by atoms with Crippen LogP contribution >= 0.6 is 0 Å². The van der Waals surface area contributed by atoms with Crippen LogP contribution in [0.2, 0.25) is 0 Å². The van der Waals surface area contributed by atoms with E-state index in [1.165, 1.54) is 7.11 Å². The van der Waals surface area contributed by atoms with Gasteiger partial charge in [-0.15, -0.1) is 0 Å². The van der Waals surface area contributed by atoms with Crippen LogP contribution in [0.15, 0.2) is 84.9 Å². The van der Waals surface area contributed by atoms with Crippen LogP contribution in [0, 0.1) is 5.92 Å². The summed E-state index contributed by atoms with van der Waals surface area (Å²) in [5.74, 6) is -0.341. The first-order valence-electron chi connectivity index (χ1n) is 12.4. The molecule has 0 aromatic heterocycles. The second-order valence-corrected chi connectivity index (χ2v) is 9.33. The van der Waals surface area contributed by atoms with Crippen molar-refractivity contribution in [3.8, 4) is 5.75 Å². The van der Waals surface area contributed by atoms with E-state index in [4.69, 9.17) is 9.47 Å². The number of nitrogens with zero attached hydrogens (tertiary/aromatic N) is 1. The highest BCUT2D eigenvalue weighted by Crippen LogP contribution is 2.33. The van der Waals surface area contributed by atoms with E-state index < -0.39 is 30.1 Å². The normalized spacial score (nSPS) is 13.4. The summed E-state index contributed by atoms with van der Waals surface area (Å²) in [5.41, 5.74) is 2.58. The van der Waals surface area contributed by atoms with E-state index in [1.807, 2.05) is 104 Å². The minimum atomic E-state index is -1.48. The molecule has 196 valence electrons. The topological polar surface area (TPSA) is 88.1 Å². The Kier molecular flexibility index (Phi) is 10.1. The van der Waals surface area contributed by atoms with Crippen molar-refractivity contribution in [2.45, 2.75) is 45.0 Å². The monoisotopic (exact) mass is 504 g/mol. The molecule has 1 amide bonds. The molecule has 0 radical (unpaired) electrons. The number of amides is 1. The van der Waals surface area contributed by atoms with Gasteiger partial charge >= 0.3 is 5.97 Å². The molecule has 0 heterocycles. The third-order valence-corrected chi connectivity index (χ3v) is 6.15. The summed E-state index contributed by atoms with van der Waals surface area (Å²) in [4.78, 5) is 27.8. The minimum absolute atomic E-state index is 0.139. The number of hydrogen-bond acceptors (Lipinski definition) is 6. The predicted octanol–water partition coefficient (Wildman–Crippen LogP) is 4.51. The summed E-state index contributed by atoms with van der Waals surface area (Å²) >= 11 is 0. The maximum atomic E-state index is 13.4. The molecule has 3 rings (SSSR count). The highest BCUT2D eigenvalue weighted by atomic mass is 16.5. The number of nitrogens with one attached hydrogen (secondary N) is 1. The zero-order valence-corrected chi connectivity index (χ0v) is 21.8. The number of ether oxygens (including phenoxy) is 2. The van der Waals surface area contributed by atoms with Gasteiger partial charge in [-0.3, -0.25) is 4.79 Å². The average Bonchev–Trinajstić information content (AvgIpc) is 2.92. The van der Waals surface area contributed by atoms with Gasteiger partial charge in [-0.25, -0.2) is 4.79 Å². The molecule has 0 aliphatic rings. The molecule has 0 bridgehead atoms. The zero-order valence-electron chi connectivity index (χ0n) is 21.8. The second kappa shape index (κ2) is 13.5. The Morgan fingerprint density at radius 3 is 2.03 bits per heavy atom. The van der Waals surface area contributed by atoms with Gasteiger partial charge in [0.15, 0.2) is 6.10 Å². The largest absolute Gasteiger partial charge is 0.497 e. The quantitative estimate of drug-likeness (QED) is 0.353. The van der Waals surface area contributed by atoms with E-state index >= 15 is 0 Å². The molecule has 0 aliphatic heterocycles. The van der Waals surface area contributed by atoms with Crippen LogP contribution in [0.25, 0.3) is 0 Å². The van der Waals surface area contributed by atoms with Crippen LogP contribution in [-0.2, 0) is 20.9 Å². The van der Waals surface area contributed by atoms with Crippen molar-refractivity contribution in [3.63, 3.8) is 0 Å². The van der Waals surface area contributed by atoms with Crippen LogP contribution in [0.3, 0.4) is 0 Å². The summed E-state index contributed by atoms with van der Waals surface area (Å²) < 4.78 is 10.2. The van der Waals surface area contributed by atoms with E-state index in [0.29, 0.717) is 18.7 Å². The van der Waals surface area contributed by atoms with Crippen LogP contribution in [-0.4, -0.2) is 43.3 Å². The molecule has 0 fully saturated rings. The Labute approximate surface area is 219 Å². The molecule has 3 atom stereocenters. The van der Waals surface area contributed by atoms with E-state index in [-0.39, 0.29) is 5.92 Å². The fourth-order valence-electron chi connectivity index (χ4n) is 4.32. The van der Waals surface area contributed by atoms with Crippen LogP contribution in [0.1, 0.15) is 37.4 Å². The van der Waals surface area contributed by atoms with Crippen molar-refractivity contribution in [3.05, 3.63) is 96.1 Å². The summed E-state index contributed by atoms with van der Waals surface area (Å²) in [6.07, 6.45) is -1.08. The molecule has 3 aromatic rings. The number of methoxy groups -OCH3 is 2. The Morgan fingerprint density at radius 2 is 1.49 bits per heavy atom. The van der Waals surface area contributed by atoms with Gasteiger partial charge in [-0.05, 0) is 47.7 Å². The Morgan fingerprint density at radius 1 is 0.892 bits per heavy atom. The molecular weight excluding hydrogens is 468 g/mol. The molecule has 2 N–H and O–H groups in total. The number of carbonyl (C=O) groups excluding carboxylic acids is 2. The zero-order chi connectivity index (χ0) is 26.8. The van der Waals surface area contributed by atoms with Gasteiger partial charge in [-0.2, -0.15) is 0 Å². The van der Waals surface area contributed by atoms with E-state index in [9.17, 15) is 14.7 Å². The van der Waals surface area contributed by atoms with Crippen LogP contribution in [0.5, 0.6) is 5.75 Å². The maximum absolute atomic E-state index is 13.4.